The summed E-state index contributed by atoms with van der Waals surface area (Å²) >= 11 is 0. The van der Waals surface area contributed by atoms with Crippen LogP contribution in [0.3, 0.4) is 0 Å². The van der Waals surface area contributed by atoms with Crippen LogP contribution in [0.25, 0.3) is 11.0 Å². The molecule has 0 aliphatic heterocycles. The maximum absolute atomic E-state index is 12.4. The van der Waals surface area contributed by atoms with E-state index in [2.05, 4.69) is 11.4 Å². The number of nitrogens with one attached hydrogen (secondary N) is 1. The number of nitrogens with zero attached hydrogens (tertiary/aromatic N) is 3. The second-order valence-electron chi connectivity index (χ2n) is 7.29. The van der Waals surface area contributed by atoms with Crippen LogP contribution in [-0.2, 0) is 27.9 Å². The lowest BCUT2D eigenvalue weighted by molar-refractivity contribution is -0.156. The number of hydrogen-bond acceptors (Lipinski definition) is 5. The number of amides is 1. The van der Waals surface area contributed by atoms with Crippen molar-refractivity contribution < 1.29 is 14.3 Å². The standard InChI is InChI=1S/C20H24N4O4/c1-14(18(26)22-20(13-21)10-6-3-7-11-20)28-17(25)12-24-16-9-5-4-8-15(16)23(2)19(24)27/h4-5,8-9,14H,3,6-7,10-12H2,1-2H3,(H,22,26). The minimum Gasteiger partial charge on any atom is -0.451 e. The van der Waals surface area contributed by atoms with E-state index in [1.54, 1.807) is 25.2 Å². The third-order valence-corrected chi connectivity index (χ3v) is 5.30. The van der Waals surface area contributed by atoms with Crippen LogP contribution in [0, 0.1) is 11.3 Å². The van der Waals surface area contributed by atoms with Crippen LogP contribution >= 0.6 is 0 Å². The van der Waals surface area contributed by atoms with Crippen LogP contribution in [-0.4, -0.2) is 32.7 Å². The summed E-state index contributed by atoms with van der Waals surface area (Å²) in [5, 5.41) is 12.2. The lowest BCUT2D eigenvalue weighted by Crippen LogP contribution is -2.52. The fourth-order valence-corrected chi connectivity index (χ4v) is 3.69. The molecule has 1 N–H and O–H groups in total. The van der Waals surface area contributed by atoms with Crippen LogP contribution in [0.5, 0.6) is 0 Å². The van der Waals surface area contributed by atoms with E-state index in [4.69, 9.17) is 4.74 Å². The predicted octanol–water partition coefficient (Wildman–Crippen LogP) is 1.61. The van der Waals surface area contributed by atoms with Crippen molar-refractivity contribution in [2.24, 2.45) is 7.05 Å². The molecule has 0 radical (unpaired) electrons. The van der Waals surface area contributed by atoms with Gasteiger partial charge in [0, 0.05) is 7.05 Å². The molecule has 1 saturated carbocycles. The van der Waals surface area contributed by atoms with Crippen molar-refractivity contribution in [3.63, 3.8) is 0 Å². The topological polar surface area (TPSA) is 106 Å². The number of ether oxygens (including phenoxy) is 1. The van der Waals surface area contributed by atoms with Crippen molar-refractivity contribution in [2.75, 3.05) is 0 Å². The van der Waals surface area contributed by atoms with E-state index in [0.29, 0.717) is 23.9 Å². The zero-order valence-corrected chi connectivity index (χ0v) is 16.1. The molecule has 28 heavy (non-hydrogen) atoms. The number of fused-ring (bicyclic) bond motifs is 1. The number of carbonyl (C=O) groups excluding carboxylic acids is 2. The summed E-state index contributed by atoms with van der Waals surface area (Å²) in [5.74, 6) is -1.18. The van der Waals surface area contributed by atoms with Crippen molar-refractivity contribution in [1.82, 2.24) is 14.5 Å². The van der Waals surface area contributed by atoms with Crippen LogP contribution in [0.2, 0.25) is 0 Å². The van der Waals surface area contributed by atoms with Crippen molar-refractivity contribution >= 4 is 22.9 Å². The Morgan fingerprint density at radius 2 is 1.89 bits per heavy atom. The van der Waals surface area contributed by atoms with E-state index >= 15 is 0 Å². The van der Waals surface area contributed by atoms with E-state index in [0.717, 1.165) is 19.3 Å². The first-order valence-corrected chi connectivity index (χ1v) is 9.44. The van der Waals surface area contributed by atoms with Gasteiger partial charge in [0.1, 0.15) is 12.1 Å². The van der Waals surface area contributed by atoms with Gasteiger partial charge in [-0.2, -0.15) is 5.26 Å². The smallest absolute Gasteiger partial charge is 0.329 e. The average molecular weight is 384 g/mol. The number of hydrogen-bond donors (Lipinski definition) is 1. The summed E-state index contributed by atoms with van der Waals surface area (Å²) in [4.78, 5) is 37.2. The SMILES string of the molecule is CC(OC(=O)Cn1c(=O)n(C)c2ccccc21)C(=O)NC1(C#N)CCCCC1. The monoisotopic (exact) mass is 384 g/mol. The lowest BCUT2D eigenvalue weighted by atomic mass is 9.83. The van der Waals surface area contributed by atoms with Gasteiger partial charge in [-0.05, 0) is 31.9 Å². The molecule has 0 saturated heterocycles. The molecule has 8 nitrogen and oxygen atoms in total. The first kappa shape index (κ1) is 19.7. The van der Waals surface area contributed by atoms with Gasteiger partial charge in [-0.3, -0.25) is 18.7 Å². The number of imidazole rings is 1. The van der Waals surface area contributed by atoms with E-state index < -0.39 is 23.5 Å². The molecule has 2 aromatic rings. The first-order valence-electron chi connectivity index (χ1n) is 9.44. The number of carbonyl (C=O) groups is 2. The van der Waals surface area contributed by atoms with Gasteiger partial charge in [-0.1, -0.05) is 31.4 Å². The number of benzene rings is 1. The van der Waals surface area contributed by atoms with Gasteiger partial charge in [0.05, 0.1) is 17.1 Å². The van der Waals surface area contributed by atoms with Crippen LogP contribution in [0.4, 0.5) is 0 Å². The summed E-state index contributed by atoms with van der Waals surface area (Å²) in [6.07, 6.45) is 2.95. The Kier molecular flexibility index (Phi) is 5.54. The van der Waals surface area contributed by atoms with Gasteiger partial charge in [0.15, 0.2) is 6.10 Å². The first-order chi connectivity index (χ1) is 13.4. The number of esters is 1. The Morgan fingerprint density at radius 3 is 2.54 bits per heavy atom. The maximum Gasteiger partial charge on any atom is 0.329 e. The Labute approximate surface area is 162 Å². The highest BCUT2D eigenvalue weighted by atomic mass is 16.5. The molecule has 1 aliphatic rings. The number of para-hydroxylation sites is 2. The van der Waals surface area contributed by atoms with E-state index in [1.165, 1.54) is 16.1 Å². The van der Waals surface area contributed by atoms with Gasteiger partial charge >= 0.3 is 11.7 Å². The minimum atomic E-state index is -1.05. The molecule has 1 fully saturated rings. The van der Waals surface area contributed by atoms with Crippen LogP contribution in [0.15, 0.2) is 29.1 Å². The lowest BCUT2D eigenvalue weighted by Gasteiger charge is -2.32. The molecule has 3 rings (SSSR count). The fraction of sp³-hybridized carbons (Fsp3) is 0.500. The number of aromatic nitrogens is 2. The summed E-state index contributed by atoms with van der Waals surface area (Å²) in [5.41, 5.74) is 0.109. The Morgan fingerprint density at radius 1 is 1.25 bits per heavy atom. The van der Waals surface area contributed by atoms with Crippen molar-refractivity contribution in [1.29, 1.82) is 5.26 Å². The molecule has 1 amide bonds. The molecule has 1 atom stereocenters. The summed E-state index contributed by atoms with van der Waals surface area (Å²) < 4.78 is 8.01. The molecule has 1 aromatic heterocycles. The largest absolute Gasteiger partial charge is 0.451 e. The average Bonchev–Trinajstić information content (AvgIpc) is 2.93. The van der Waals surface area contributed by atoms with Gasteiger partial charge in [0.25, 0.3) is 5.91 Å². The molecule has 1 aromatic carbocycles. The van der Waals surface area contributed by atoms with Gasteiger partial charge in [-0.15, -0.1) is 0 Å². The molecule has 0 spiro atoms. The van der Waals surface area contributed by atoms with Gasteiger partial charge in [-0.25, -0.2) is 4.79 Å². The summed E-state index contributed by atoms with van der Waals surface area (Å²) in [6.45, 7) is 1.17. The number of nitriles is 1. The van der Waals surface area contributed by atoms with E-state index in [9.17, 15) is 19.6 Å². The molecular weight excluding hydrogens is 360 g/mol. The van der Waals surface area contributed by atoms with E-state index in [1.807, 2.05) is 6.07 Å². The molecule has 148 valence electrons. The molecule has 0 bridgehead atoms. The van der Waals surface area contributed by atoms with Crippen molar-refractivity contribution in [3.05, 3.63) is 34.7 Å². The zero-order chi connectivity index (χ0) is 20.3. The molecule has 1 heterocycles. The third kappa shape index (κ3) is 3.79. The Balaban J connectivity index is 1.67. The van der Waals surface area contributed by atoms with Crippen molar-refractivity contribution in [2.45, 2.75) is 57.2 Å². The molecule has 1 unspecified atom stereocenters. The summed E-state index contributed by atoms with van der Waals surface area (Å²) in [6, 6.07) is 9.34. The third-order valence-electron chi connectivity index (χ3n) is 5.30. The second kappa shape index (κ2) is 7.89. The maximum atomic E-state index is 12.4. The van der Waals surface area contributed by atoms with Gasteiger partial charge < -0.3 is 10.1 Å². The Hall–Kier alpha value is -3.08. The highest BCUT2D eigenvalue weighted by molar-refractivity contribution is 5.85. The predicted molar refractivity (Wildman–Crippen MR) is 102 cm³/mol. The van der Waals surface area contributed by atoms with E-state index in [-0.39, 0.29) is 12.2 Å². The fourth-order valence-electron chi connectivity index (χ4n) is 3.69. The number of aryl methyl sites for hydroxylation is 1. The van der Waals surface area contributed by atoms with Crippen molar-refractivity contribution in [3.8, 4) is 6.07 Å². The quantitative estimate of drug-likeness (QED) is 0.789. The van der Waals surface area contributed by atoms with Crippen LogP contribution < -0.4 is 11.0 Å². The molecule has 8 heteroatoms. The summed E-state index contributed by atoms with van der Waals surface area (Å²) in [7, 11) is 1.63. The highest BCUT2D eigenvalue weighted by Gasteiger charge is 2.35. The zero-order valence-electron chi connectivity index (χ0n) is 16.1. The Bertz CT molecular complexity index is 992. The van der Waals surface area contributed by atoms with Crippen LogP contribution in [0.1, 0.15) is 39.0 Å². The molecule has 1 aliphatic carbocycles. The minimum absolute atomic E-state index is 0.290. The number of rotatable bonds is 5. The highest BCUT2D eigenvalue weighted by Crippen LogP contribution is 2.27. The normalized spacial score (nSPS) is 16.9. The second-order valence-corrected chi connectivity index (χ2v) is 7.29. The molecular formula is C20H24N4O4. The van der Waals surface area contributed by atoms with Gasteiger partial charge in [0.2, 0.25) is 0 Å².